The van der Waals surface area contributed by atoms with E-state index in [1.807, 2.05) is 0 Å². The topological polar surface area (TPSA) is 20.3 Å². The maximum Gasteiger partial charge on any atom is 0.119 e. The zero-order valence-corrected chi connectivity index (χ0v) is 11.1. The van der Waals surface area contributed by atoms with Gasteiger partial charge in [0, 0.05) is 13.0 Å². The van der Waals surface area contributed by atoms with Crippen LogP contribution in [0.3, 0.4) is 0 Å². The van der Waals surface area contributed by atoms with Crippen LogP contribution >= 0.6 is 0 Å². The summed E-state index contributed by atoms with van der Waals surface area (Å²) in [6.07, 6.45) is 6.69. The summed E-state index contributed by atoms with van der Waals surface area (Å²) in [5.41, 5.74) is 1.41. The lowest BCUT2D eigenvalue weighted by Gasteiger charge is -2.32. The normalized spacial score (nSPS) is 17.8. The summed E-state index contributed by atoms with van der Waals surface area (Å²) < 4.78 is 0. The van der Waals surface area contributed by atoms with Gasteiger partial charge in [0.1, 0.15) is 6.29 Å². The Kier molecular flexibility index (Phi) is 5.40. The number of unbranched alkanes of at least 4 members (excludes halogenated alkanes) is 1. The lowest BCUT2D eigenvalue weighted by molar-refractivity contribution is -0.108. The van der Waals surface area contributed by atoms with E-state index in [2.05, 4.69) is 35.2 Å². The molecule has 0 bridgehead atoms. The number of likely N-dealkylation sites (tertiary alicyclic amines) is 1. The maximum atomic E-state index is 10.3. The molecule has 1 saturated heterocycles. The molecule has 2 heteroatoms. The van der Waals surface area contributed by atoms with Crippen LogP contribution in [0, 0.1) is 5.92 Å². The molecule has 2 rings (SSSR count). The number of hydrogen-bond acceptors (Lipinski definition) is 2. The third-order valence-electron chi connectivity index (χ3n) is 3.89. The molecule has 0 aromatic heterocycles. The van der Waals surface area contributed by atoms with E-state index in [0.717, 1.165) is 31.6 Å². The Morgan fingerprint density at radius 1 is 1.17 bits per heavy atom. The number of aldehydes is 1. The first kappa shape index (κ1) is 13.3. The highest BCUT2D eigenvalue weighted by Gasteiger charge is 2.18. The zero-order chi connectivity index (χ0) is 12.6. The van der Waals surface area contributed by atoms with Crippen molar-refractivity contribution in [2.24, 2.45) is 5.92 Å². The fraction of sp³-hybridized carbons (Fsp3) is 0.562. The van der Waals surface area contributed by atoms with Crippen LogP contribution in [0.15, 0.2) is 30.3 Å². The third kappa shape index (κ3) is 4.26. The van der Waals surface area contributed by atoms with Gasteiger partial charge in [-0.1, -0.05) is 30.3 Å². The molecule has 0 atom stereocenters. The van der Waals surface area contributed by atoms with Gasteiger partial charge in [-0.15, -0.1) is 0 Å². The first-order chi connectivity index (χ1) is 8.88. The molecule has 0 amide bonds. The van der Waals surface area contributed by atoms with Crippen LogP contribution in [0.5, 0.6) is 0 Å². The molecule has 98 valence electrons. The number of piperidine rings is 1. The number of rotatable bonds is 6. The van der Waals surface area contributed by atoms with Gasteiger partial charge >= 0.3 is 0 Å². The van der Waals surface area contributed by atoms with Crippen LogP contribution in [-0.4, -0.2) is 24.3 Å². The number of carbonyl (C=O) groups is 1. The molecule has 1 heterocycles. The van der Waals surface area contributed by atoms with E-state index in [4.69, 9.17) is 0 Å². The molecule has 1 aromatic rings. The number of nitrogens with zero attached hydrogens (tertiary/aromatic N) is 1. The quantitative estimate of drug-likeness (QED) is 0.566. The van der Waals surface area contributed by atoms with Crippen molar-refractivity contribution in [2.45, 2.75) is 38.6 Å². The van der Waals surface area contributed by atoms with Crippen LogP contribution in [0.1, 0.15) is 37.7 Å². The van der Waals surface area contributed by atoms with Gasteiger partial charge in [-0.2, -0.15) is 0 Å². The van der Waals surface area contributed by atoms with Crippen molar-refractivity contribution in [1.82, 2.24) is 4.90 Å². The molecule has 1 aliphatic rings. The fourth-order valence-electron chi connectivity index (χ4n) is 2.76. The third-order valence-corrected chi connectivity index (χ3v) is 3.89. The Morgan fingerprint density at radius 2 is 1.89 bits per heavy atom. The molecule has 0 aliphatic carbocycles. The summed E-state index contributed by atoms with van der Waals surface area (Å²) in [6, 6.07) is 10.7. The molecule has 0 spiro atoms. The number of carbonyl (C=O) groups excluding carboxylic acids is 1. The van der Waals surface area contributed by atoms with Gasteiger partial charge in [0.15, 0.2) is 0 Å². The molecule has 1 aliphatic heterocycles. The highest BCUT2D eigenvalue weighted by atomic mass is 16.1. The smallest absolute Gasteiger partial charge is 0.119 e. The molecular formula is C16H23NO. The monoisotopic (exact) mass is 245 g/mol. The van der Waals surface area contributed by atoms with Gasteiger partial charge < -0.3 is 4.79 Å². The van der Waals surface area contributed by atoms with E-state index in [1.54, 1.807) is 0 Å². The van der Waals surface area contributed by atoms with Crippen molar-refractivity contribution >= 4 is 6.29 Å². The lowest BCUT2D eigenvalue weighted by atomic mass is 9.91. The minimum atomic E-state index is 0.740. The van der Waals surface area contributed by atoms with Crippen LogP contribution in [0.4, 0.5) is 0 Å². The SMILES string of the molecule is O=CCCCC1CCN(Cc2ccccc2)CC1. The second-order valence-electron chi connectivity index (χ2n) is 5.30. The van der Waals surface area contributed by atoms with Gasteiger partial charge in [-0.05, 0) is 50.3 Å². The van der Waals surface area contributed by atoms with Crippen molar-refractivity contribution in [3.63, 3.8) is 0 Å². The van der Waals surface area contributed by atoms with Crippen molar-refractivity contribution in [2.75, 3.05) is 13.1 Å². The summed E-state index contributed by atoms with van der Waals surface area (Å²) in [7, 11) is 0. The Morgan fingerprint density at radius 3 is 2.56 bits per heavy atom. The zero-order valence-electron chi connectivity index (χ0n) is 11.1. The Bertz CT molecular complexity index is 341. The van der Waals surface area contributed by atoms with Gasteiger partial charge in [0.25, 0.3) is 0 Å². The van der Waals surface area contributed by atoms with Gasteiger partial charge in [0.05, 0.1) is 0 Å². The first-order valence-electron chi connectivity index (χ1n) is 7.08. The Hall–Kier alpha value is -1.15. The molecule has 0 saturated carbocycles. The van der Waals surface area contributed by atoms with E-state index in [9.17, 15) is 4.79 Å². The van der Waals surface area contributed by atoms with Crippen LogP contribution in [0.25, 0.3) is 0 Å². The molecule has 1 aromatic carbocycles. The van der Waals surface area contributed by atoms with Crippen molar-refractivity contribution in [1.29, 1.82) is 0 Å². The van der Waals surface area contributed by atoms with E-state index in [-0.39, 0.29) is 0 Å². The summed E-state index contributed by atoms with van der Waals surface area (Å²) in [4.78, 5) is 12.8. The highest BCUT2D eigenvalue weighted by Crippen LogP contribution is 2.23. The fourth-order valence-corrected chi connectivity index (χ4v) is 2.76. The van der Waals surface area contributed by atoms with E-state index in [1.165, 1.54) is 37.9 Å². The summed E-state index contributed by atoms with van der Waals surface area (Å²) in [5.74, 6) is 0.844. The number of hydrogen-bond donors (Lipinski definition) is 0. The average Bonchev–Trinajstić information content (AvgIpc) is 2.42. The Labute approximate surface area is 110 Å². The van der Waals surface area contributed by atoms with Crippen molar-refractivity contribution in [3.8, 4) is 0 Å². The molecule has 0 unspecified atom stereocenters. The first-order valence-corrected chi connectivity index (χ1v) is 7.08. The molecule has 0 N–H and O–H groups in total. The Balaban J connectivity index is 1.68. The largest absolute Gasteiger partial charge is 0.303 e. The van der Waals surface area contributed by atoms with Crippen LogP contribution < -0.4 is 0 Å². The summed E-state index contributed by atoms with van der Waals surface area (Å²) >= 11 is 0. The molecular weight excluding hydrogens is 222 g/mol. The minimum absolute atomic E-state index is 0.740. The predicted octanol–water partition coefficient (Wildman–Crippen LogP) is 3.27. The van der Waals surface area contributed by atoms with E-state index in [0.29, 0.717) is 0 Å². The predicted molar refractivity (Wildman–Crippen MR) is 74.4 cm³/mol. The van der Waals surface area contributed by atoms with Gasteiger partial charge in [-0.3, -0.25) is 4.90 Å². The lowest BCUT2D eigenvalue weighted by Crippen LogP contribution is -2.33. The van der Waals surface area contributed by atoms with Crippen LogP contribution in [0.2, 0.25) is 0 Å². The van der Waals surface area contributed by atoms with Gasteiger partial charge in [0.2, 0.25) is 0 Å². The molecule has 2 nitrogen and oxygen atoms in total. The van der Waals surface area contributed by atoms with Crippen LogP contribution in [-0.2, 0) is 11.3 Å². The standard InChI is InChI=1S/C16H23NO/c18-13-5-4-6-15-9-11-17(12-10-15)14-16-7-2-1-3-8-16/h1-3,7-8,13,15H,4-6,9-12,14H2. The summed E-state index contributed by atoms with van der Waals surface area (Å²) in [6.45, 7) is 3.50. The van der Waals surface area contributed by atoms with Crippen molar-refractivity contribution < 1.29 is 4.79 Å². The highest BCUT2D eigenvalue weighted by molar-refractivity contribution is 5.48. The molecule has 1 fully saturated rings. The van der Waals surface area contributed by atoms with Crippen molar-refractivity contribution in [3.05, 3.63) is 35.9 Å². The number of benzene rings is 1. The second kappa shape index (κ2) is 7.32. The second-order valence-corrected chi connectivity index (χ2v) is 5.30. The van der Waals surface area contributed by atoms with Gasteiger partial charge in [-0.25, -0.2) is 0 Å². The minimum Gasteiger partial charge on any atom is -0.303 e. The van der Waals surface area contributed by atoms with E-state index >= 15 is 0 Å². The van der Waals surface area contributed by atoms with E-state index < -0.39 is 0 Å². The maximum absolute atomic E-state index is 10.3. The summed E-state index contributed by atoms with van der Waals surface area (Å²) in [5, 5.41) is 0. The molecule has 18 heavy (non-hydrogen) atoms. The molecule has 0 radical (unpaired) electrons. The average molecular weight is 245 g/mol.